The number of hydrogen-bond acceptors (Lipinski definition) is 6. The Morgan fingerprint density at radius 1 is 1.03 bits per heavy atom. The van der Waals surface area contributed by atoms with Crippen LogP contribution >= 0.6 is 0 Å². The first-order chi connectivity index (χ1) is 15.4. The van der Waals surface area contributed by atoms with E-state index in [2.05, 4.69) is 0 Å². The molecule has 3 aromatic rings. The lowest BCUT2D eigenvalue weighted by Crippen LogP contribution is -2.43. The average molecular weight is 438 g/mol. The van der Waals surface area contributed by atoms with Crippen LogP contribution in [0.2, 0.25) is 0 Å². The number of carbonyl (C=O) groups excluding carboxylic acids is 2. The molecule has 0 spiro atoms. The van der Waals surface area contributed by atoms with Gasteiger partial charge in [-0.25, -0.2) is 0 Å². The molecule has 9 heteroatoms. The van der Waals surface area contributed by atoms with E-state index in [9.17, 15) is 19.5 Å². The molecule has 0 bridgehead atoms. The molecule has 0 unspecified atom stereocenters. The Hall–Kier alpha value is -4.01. The maximum atomic E-state index is 13.4. The summed E-state index contributed by atoms with van der Waals surface area (Å²) in [6.07, 6.45) is 0.421. The summed E-state index contributed by atoms with van der Waals surface area (Å²) >= 11 is 0. The molecule has 0 saturated heterocycles. The fourth-order valence-electron chi connectivity index (χ4n) is 4.18. The fraction of sp³-hybridized carbons (Fsp3) is 0.261. The number of para-hydroxylation sites is 1. The van der Waals surface area contributed by atoms with E-state index >= 15 is 0 Å². The number of amides is 2. The Morgan fingerprint density at radius 2 is 1.69 bits per heavy atom. The van der Waals surface area contributed by atoms with Crippen LogP contribution in [-0.4, -0.2) is 60.2 Å². The van der Waals surface area contributed by atoms with Crippen LogP contribution in [0.3, 0.4) is 0 Å². The number of aromatic nitrogens is 1. The number of nitrogens with zero attached hydrogens (tertiary/aromatic N) is 2. The highest BCUT2D eigenvalue weighted by molar-refractivity contribution is 6.13. The third-order valence-corrected chi connectivity index (χ3v) is 5.56. The van der Waals surface area contributed by atoms with Crippen molar-refractivity contribution >= 4 is 28.7 Å². The zero-order chi connectivity index (χ0) is 23.0. The van der Waals surface area contributed by atoms with E-state index in [0.29, 0.717) is 29.2 Å². The lowest BCUT2D eigenvalue weighted by molar-refractivity contribution is -0.137. The Morgan fingerprint density at radius 3 is 2.28 bits per heavy atom. The van der Waals surface area contributed by atoms with Crippen molar-refractivity contribution in [2.75, 3.05) is 27.9 Å². The summed E-state index contributed by atoms with van der Waals surface area (Å²) in [5, 5.41) is 10.2. The van der Waals surface area contributed by atoms with Crippen LogP contribution in [-0.2, 0) is 17.8 Å². The van der Waals surface area contributed by atoms with Gasteiger partial charge in [0.25, 0.3) is 11.8 Å². The summed E-state index contributed by atoms with van der Waals surface area (Å²) in [5.74, 6) is -1.23. The monoisotopic (exact) mass is 438 g/mol. The highest BCUT2D eigenvalue weighted by Crippen LogP contribution is 2.39. The topological polar surface area (TPSA) is 107 Å². The second kappa shape index (κ2) is 8.26. The minimum atomic E-state index is -1.07. The molecule has 0 aliphatic carbocycles. The molecular weight excluding hydrogens is 416 g/mol. The van der Waals surface area contributed by atoms with Gasteiger partial charge in [0, 0.05) is 23.0 Å². The van der Waals surface area contributed by atoms with Gasteiger partial charge >= 0.3 is 5.97 Å². The van der Waals surface area contributed by atoms with Crippen LogP contribution in [0.4, 0.5) is 0 Å². The van der Waals surface area contributed by atoms with Crippen molar-refractivity contribution in [3.05, 3.63) is 53.2 Å². The van der Waals surface area contributed by atoms with Gasteiger partial charge in [-0.15, -0.1) is 0 Å². The number of carboxylic acid groups (broad SMARTS) is 1. The third-order valence-electron chi connectivity index (χ3n) is 5.56. The Labute approximate surface area is 183 Å². The molecule has 0 atom stereocenters. The fourth-order valence-corrected chi connectivity index (χ4v) is 4.18. The van der Waals surface area contributed by atoms with Crippen LogP contribution in [0, 0.1) is 0 Å². The maximum Gasteiger partial charge on any atom is 0.323 e. The van der Waals surface area contributed by atoms with Gasteiger partial charge in [0.1, 0.15) is 12.2 Å². The molecule has 1 aliphatic heterocycles. The van der Waals surface area contributed by atoms with Crippen molar-refractivity contribution in [2.45, 2.75) is 13.0 Å². The van der Waals surface area contributed by atoms with Crippen LogP contribution < -0.4 is 14.2 Å². The molecule has 0 saturated carbocycles. The van der Waals surface area contributed by atoms with Crippen LogP contribution in [0.5, 0.6) is 17.2 Å². The van der Waals surface area contributed by atoms with Crippen LogP contribution in [0.1, 0.15) is 26.4 Å². The number of fused-ring (bicyclic) bond motifs is 3. The molecule has 32 heavy (non-hydrogen) atoms. The van der Waals surface area contributed by atoms with Gasteiger partial charge in [0.2, 0.25) is 5.75 Å². The highest BCUT2D eigenvalue weighted by Gasteiger charge is 2.35. The maximum absolute atomic E-state index is 13.4. The SMILES string of the molecule is COc1cc(C(=O)N2CCc3c(n(CC(=O)O)c4ccccc34)C2=O)cc(OC)c1OC. The molecule has 9 nitrogen and oxygen atoms in total. The molecule has 2 aromatic carbocycles. The number of aliphatic carboxylic acids is 1. The number of carboxylic acids is 1. The van der Waals surface area contributed by atoms with E-state index < -0.39 is 17.8 Å². The predicted octanol–water partition coefficient (Wildman–Crippen LogP) is 2.59. The van der Waals surface area contributed by atoms with Crippen molar-refractivity contribution in [2.24, 2.45) is 0 Å². The van der Waals surface area contributed by atoms with Crippen molar-refractivity contribution in [1.29, 1.82) is 0 Å². The quantitative estimate of drug-likeness (QED) is 0.590. The van der Waals surface area contributed by atoms with E-state index in [1.807, 2.05) is 12.1 Å². The van der Waals surface area contributed by atoms with Gasteiger partial charge in [-0.2, -0.15) is 0 Å². The first-order valence-corrected chi connectivity index (χ1v) is 9.89. The van der Waals surface area contributed by atoms with Crippen LogP contribution in [0.25, 0.3) is 10.9 Å². The van der Waals surface area contributed by atoms with E-state index in [0.717, 1.165) is 15.8 Å². The minimum absolute atomic E-state index is 0.169. The molecule has 0 radical (unpaired) electrons. The number of methoxy groups -OCH3 is 3. The lowest BCUT2D eigenvalue weighted by atomic mass is 10.0. The molecule has 166 valence electrons. The summed E-state index contributed by atoms with van der Waals surface area (Å²) in [6, 6.07) is 10.2. The van der Waals surface area contributed by atoms with E-state index in [1.54, 1.807) is 12.1 Å². The molecule has 1 N–H and O–H groups in total. The van der Waals surface area contributed by atoms with Gasteiger partial charge in [0.15, 0.2) is 11.5 Å². The highest BCUT2D eigenvalue weighted by atomic mass is 16.5. The summed E-state index contributed by atoms with van der Waals surface area (Å²) in [5.41, 5.74) is 1.81. The van der Waals surface area contributed by atoms with Gasteiger partial charge < -0.3 is 23.9 Å². The average Bonchev–Trinajstić information content (AvgIpc) is 3.11. The number of hydrogen-bond donors (Lipinski definition) is 1. The molecule has 2 heterocycles. The smallest absolute Gasteiger partial charge is 0.323 e. The second-order valence-corrected chi connectivity index (χ2v) is 7.25. The van der Waals surface area contributed by atoms with Crippen molar-refractivity contribution in [3.63, 3.8) is 0 Å². The Bertz CT molecular complexity index is 1220. The first kappa shape index (κ1) is 21.2. The van der Waals surface area contributed by atoms with Gasteiger partial charge in [-0.1, -0.05) is 18.2 Å². The number of ether oxygens (including phenoxy) is 3. The van der Waals surface area contributed by atoms with Crippen LogP contribution in [0.15, 0.2) is 36.4 Å². The first-order valence-electron chi connectivity index (χ1n) is 9.89. The largest absolute Gasteiger partial charge is 0.493 e. The molecule has 4 rings (SSSR count). The lowest BCUT2D eigenvalue weighted by Gasteiger charge is -2.27. The zero-order valence-electron chi connectivity index (χ0n) is 17.9. The van der Waals surface area contributed by atoms with Gasteiger partial charge in [0.05, 0.1) is 21.3 Å². The number of benzene rings is 2. The third kappa shape index (κ3) is 3.31. The standard InChI is InChI=1S/C23H22N2O7/c1-30-17-10-13(11-18(31-2)21(17)32-3)22(28)24-9-8-15-14-6-4-5-7-16(14)25(12-19(26)27)20(15)23(24)29/h4-7,10-11H,8-9,12H2,1-3H3,(H,26,27). The summed E-state index contributed by atoms with van der Waals surface area (Å²) in [4.78, 5) is 39.4. The Kier molecular flexibility index (Phi) is 5.48. The molecule has 2 amide bonds. The van der Waals surface area contributed by atoms with Crippen molar-refractivity contribution < 1.29 is 33.7 Å². The number of imide groups is 1. The van der Waals surface area contributed by atoms with Gasteiger partial charge in [-0.3, -0.25) is 19.3 Å². The van der Waals surface area contributed by atoms with Crippen molar-refractivity contribution in [1.82, 2.24) is 9.47 Å². The van der Waals surface area contributed by atoms with Crippen molar-refractivity contribution in [3.8, 4) is 17.2 Å². The summed E-state index contributed by atoms with van der Waals surface area (Å²) in [7, 11) is 4.33. The molecular formula is C23H22N2O7. The second-order valence-electron chi connectivity index (χ2n) is 7.25. The van der Waals surface area contributed by atoms with E-state index in [-0.39, 0.29) is 24.3 Å². The Balaban J connectivity index is 1.79. The normalized spacial score (nSPS) is 13.1. The van der Waals surface area contributed by atoms with E-state index in [1.165, 1.54) is 38.0 Å². The predicted molar refractivity (Wildman–Crippen MR) is 115 cm³/mol. The van der Waals surface area contributed by atoms with Gasteiger partial charge in [-0.05, 0) is 30.2 Å². The molecule has 1 aromatic heterocycles. The zero-order valence-corrected chi connectivity index (χ0v) is 17.9. The number of carbonyl (C=O) groups is 3. The summed E-state index contributed by atoms with van der Waals surface area (Å²) in [6.45, 7) is -0.212. The number of rotatable bonds is 6. The van der Waals surface area contributed by atoms with E-state index in [4.69, 9.17) is 14.2 Å². The molecule has 1 aliphatic rings. The minimum Gasteiger partial charge on any atom is -0.493 e. The summed E-state index contributed by atoms with van der Waals surface area (Å²) < 4.78 is 17.4. The molecule has 0 fully saturated rings.